The quantitative estimate of drug-likeness (QED) is 0.395. The molecular weight excluding hydrogens is 530 g/mol. The number of nitrogens with zero attached hydrogens (tertiary/aromatic N) is 3. The first-order chi connectivity index (χ1) is 15.5. The van der Waals surface area contributed by atoms with Crippen LogP contribution >= 0.6 is 27.3 Å². The van der Waals surface area contributed by atoms with E-state index in [1.807, 2.05) is 24.3 Å². The zero-order chi connectivity index (χ0) is 24.0. The molecular formula is C21H16BrF4N3O3S. The van der Waals surface area contributed by atoms with Gasteiger partial charge in [-0.2, -0.15) is 22.6 Å². The maximum atomic E-state index is 13.6. The summed E-state index contributed by atoms with van der Waals surface area (Å²) in [6, 6.07) is 10.5. The molecule has 6 nitrogen and oxygen atoms in total. The van der Waals surface area contributed by atoms with Crippen molar-refractivity contribution in [2.75, 3.05) is 7.05 Å². The third-order valence-corrected chi connectivity index (χ3v) is 6.34. The zero-order valence-corrected chi connectivity index (χ0v) is 19.6. The minimum atomic E-state index is -4.83. The van der Waals surface area contributed by atoms with Crippen molar-refractivity contribution < 1.29 is 31.8 Å². The van der Waals surface area contributed by atoms with E-state index in [4.69, 9.17) is 0 Å². The first-order valence-electron chi connectivity index (χ1n) is 9.47. The average molecular weight is 546 g/mol. The highest BCUT2D eigenvalue weighted by Gasteiger charge is 2.65. The van der Waals surface area contributed by atoms with Crippen molar-refractivity contribution in [1.29, 1.82) is 0 Å². The van der Waals surface area contributed by atoms with Gasteiger partial charge in [0.2, 0.25) is 0 Å². The molecule has 0 saturated heterocycles. The molecule has 1 aliphatic rings. The first-order valence-corrected chi connectivity index (χ1v) is 11.1. The van der Waals surface area contributed by atoms with E-state index < -0.39 is 29.7 Å². The number of aryl methyl sites for hydroxylation is 1. The number of benzene rings is 2. The van der Waals surface area contributed by atoms with Crippen LogP contribution < -0.4 is 14.3 Å². The summed E-state index contributed by atoms with van der Waals surface area (Å²) >= 11 is 4.64. The van der Waals surface area contributed by atoms with Crippen molar-refractivity contribution in [3.63, 3.8) is 0 Å². The molecule has 174 valence electrons. The van der Waals surface area contributed by atoms with Gasteiger partial charge in [0.25, 0.3) is 0 Å². The highest BCUT2D eigenvalue weighted by molar-refractivity contribution is 9.10. The standard InChI is InChI=1S/C21H16BrF4N3O3S/c1-12-10-29(14-7-8-16-17(9-14)32-21(25,26)20(23,24)31-16)19(33-12)27-18(30)28(2)11-13-5-3-4-6-15(13)22/h3-10H,11H2,1-2H3. The Morgan fingerprint density at radius 3 is 2.48 bits per heavy atom. The lowest BCUT2D eigenvalue weighted by Gasteiger charge is -2.31. The van der Waals surface area contributed by atoms with Gasteiger partial charge in [-0.15, -0.1) is 11.3 Å². The molecule has 12 heteroatoms. The molecule has 0 bridgehead atoms. The van der Waals surface area contributed by atoms with Crippen LogP contribution in [0.2, 0.25) is 0 Å². The molecule has 0 spiro atoms. The van der Waals surface area contributed by atoms with Gasteiger partial charge in [0, 0.05) is 35.2 Å². The van der Waals surface area contributed by atoms with Crippen LogP contribution in [0.1, 0.15) is 10.4 Å². The molecule has 2 amide bonds. The van der Waals surface area contributed by atoms with Crippen molar-refractivity contribution in [3.8, 4) is 17.2 Å². The molecule has 0 unspecified atom stereocenters. The van der Waals surface area contributed by atoms with Crippen LogP contribution in [-0.4, -0.2) is 34.8 Å². The van der Waals surface area contributed by atoms with Crippen molar-refractivity contribution in [2.45, 2.75) is 25.7 Å². The van der Waals surface area contributed by atoms with Gasteiger partial charge >= 0.3 is 18.2 Å². The Balaban J connectivity index is 1.65. The topological polar surface area (TPSA) is 56.1 Å². The summed E-state index contributed by atoms with van der Waals surface area (Å²) in [6.45, 7) is 2.09. The van der Waals surface area contributed by atoms with Crippen LogP contribution in [0.4, 0.5) is 22.4 Å². The van der Waals surface area contributed by atoms with E-state index in [9.17, 15) is 22.4 Å². The zero-order valence-electron chi connectivity index (χ0n) is 17.2. The normalized spacial score (nSPS) is 16.5. The van der Waals surface area contributed by atoms with Gasteiger partial charge in [0.15, 0.2) is 16.3 Å². The number of halogens is 5. The maximum absolute atomic E-state index is 13.6. The van der Waals surface area contributed by atoms with Gasteiger partial charge < -0.3 is 14.4 Å². The van der Waals surface area contributed by atoms with Gasteiger partial charge in [-0.25, -0.2) is 4.79 Å². The molecule has 0 radical (unpaired) electrons. The van der Waals surface area contributed by atoms with E-state index in [0.29, 0.717) is 6.54 Å². The Hall–Kier alpha value is -2.86. The van der Waals surface area contributed by atoms with E-state index in [2.05, 4.69) is 30.4 Å². The number of urea groups is 1. The summed E-state index contributed by atoms with van der Waals surface area (Å²) in [6.07, 6.45) is -7.98. The number of hydrogen-bond donors (Lipinski definition) is 0. The minimum absolute atomic E-state index is 0.269. The predicted molar refractivity (Wildman–Crippen MR) is 116 cm³/mol. The van der Waals surface area contributed by atoms with E-state index in [1.54, 1.807) is 20.2 Å². The van der Waals surface area contributed by atoms with Crippen molar-refractivity contribution in [1.82, 2.24) is 9.47 Å². The Kier molecular flexibility index (Phi) is 5.99. The molecule has 1 aliphatic heterocycles. The molecule has 0 atom stereocenters. The number of carbonyl (C=O) groups is 1. The number of fused-ring (bicyclic) bond motifs is 1. The van der Waals surface area contributed by atoms with Crippen LogP contribution in [0.3, 0.4) is 0 Å². The third kappa shape index (κ3) is 4.62. The maximum Gasteiger partial charge on any atom is 0.507 e. The second-order valence-corrected chi connectivity index (χ2v) is 9.27. The fraction of sp³-hybridized carbons (Fsp3) is 0.238. The summed E-state index contributed by atoms with van der Waals surface area (Å²) in [5.74, 6) is -1.08. The average Bonchev–Trinajstić information content (AvgIpc) is 3.09. The van der Waals surface area contributed by atoms with Crippen LogP contribution in [-0.2, 0) is 6.54 Å². The third-order valence-electron chi connectivity index (χ3n) is 4.67. The summed E-state index contributed by atoms with van der Waals surface area (Å²) in [4.78, 5) is 19.3. The Morgan fingerprint density at radius 2 is 1.79 bits per heavy atom. The summed E-state index contributed by atoms with van der Waals surface area (Å²) in [5.41, 5.74) is 1.17. The molecule has 2 heterocycles. The predicted octanol–water partition coefficient (Wildman–Crippen LogP) is 5.72. The van der Waals surface area contributed by atoms with Crippen molar-refractivity contribution in [3.05, 3.63) is 68.4 Å². The lowest BCUT2D eigenvalue weighted by Crippen LogP contribution is -2.52. The van der Waals surface area contributed by atoms with E-state index in [1.165, 1.54) is 26.9 Å². The van der Waals surface area contributed by atoms with Gasteiger partial charge in [0.05, 0.1) is 5.69 Å². The number of ether oxygens (including phenoxy) is 2. The fourth-order valence-electron chi connectivity index (χ4n) is 3.04. The number of carbonyl (C=O) groups excluding carboxylic acids is 1. The number of hydrogen-bond acceptors (Lipinski definition) is 4. The van der Waals surface area contributed by atoms with E-state index in [0.717, 1.165) is 27.0 Å². The van der Waals surface area contributed by atoms with Crippen molar-refractivity contribution >= 4 is 33.3 Å². The number of thiazole rings is 1. The second-order valence-electron chi connectivity index (χ2n) is 7.20. The van der Waals surface area contributed by atoms with Crippen LogP contribution in [0.25, 0.3) is 5.69 Å². The molecule has 33 heavy (non-hydrogen) atoms. The smallest absolute Gasteiger partial charge is 0.421 e. The summed E-state index contributed by atoms with van der Waals surface area (Å²) < 4.78 is 64.6. The minimum Gasteiger partial charge on any atom is -0.421 e. The number of rotatable bonds is 3. The van der Waals surface area contributed by atoms with Crippen molar-refractivity contribution in [2.24, 2.45) is 4.99 Å². The molecule has 0 aliphatic carbocycles. The lowest BCUT2D eigenvalue weighted by molar-refractivity contribution is -0.391. The van der Waals surface area contributed by atoms with Crippen LogP contribution in [0.5, 0.6) is 11.5 Å². The Labute approximate surface area is 197 Å². The molecule has 0 saturated carbocycles. The summed E-state index contributed by atoms with van der Waals surface area (Å²) in [7, 11) is 1.60. The molecule has 2 aromatic carbocycles. The molecule has 3 aromatic rings. The van der Waals surface area contributed by atoms with E-state index >= 15 is 0 Å². The van der Waals surface area contributed by atoms with Gasteiger partial charge in [0.1, 0.15) is 0 Å². The first kappa shape index (κ1) is 23.3. The second kappa shape index (κ2) is 8.49. The monoisotopic (exact) mass is 545 g/mol. The van der Waals surface area contributed by atoms with E-state index in [-0.39, 0.29) is 10.5 Å². The highest BCUT2D eigenvalue weighted by Crippen LogP contribution is 2.47. The number of alkyl halides is 4. The highest BCUT2D eigenvalue weighted by atomic mass is 79.9. The molecule has 1 aromatic heterocycles. The van der Waals surface area contributed by atoms with Crippen LogP contribution in [0.15, 0.2) is 58.1 Å². The number of amides is 2. The Bertz CT molecular complexity index is 1290. The van der Waals surface area contributed by atoms with Gasteiger partial charge in [-0.1, -0.05) is 34.1 Å². The largest absolute Gasteiger partial charge is 0.507 e. The van der Waals surface area contributed by atoms with Crippen LogP contribution in [0, 0.1) is 6.92 Å². The molecule has 0 fully saturated rings. The molecule has 4 rings (SSSR count). The summed E-state index contributed by atoms with van der Waals surface area (Å²) in [5, 5.41) is 0. The SMILES string of the molecule is Cc1cn(-c2ccc3c(c2)OC(F)(F)C(F)(F)O3)c(=NC(=O)N(C)Cc2ccccc2Br)s1. The van der Waals surface area contributed by atoms with Gasteiger partial charge in [-0.05, 0) is 30.7 Å². The molecule has 0 N–H and O–H groups in total. The number of aromatic nitrogens is 1. The lowest BCUT2D eigenvalue weighted by atomic mass is 10.2. The fourth-order valence-corrected chi connectivity index (χ4v) is 4.28. The Morgan fingerprint density at radius 1 is 1.12 bits per heavy atom. The van der Waals surface area contributed by atoms with Gasteiger partial charge in [-0.3, -0.25) is 4.57 Å².